The Morgan fingerprint density at radius 3 is 2.75 bits per heavy atom. The molecule has 0 unspecified atom stereocenters. The number of ether oxygens (including phenoxy) is 1. The van der Waals surface area contributed by atoms with Crippen molar-refractivity contribution in [1.29, 1.82) is 0 Å². The van der Waals surface area contributed by atoms with Crippen molar-refractivity contribution < 1.29 is 9.53 Å². The number of amides is 1. The van der Waals surface area contributed by atoms with Gasteiger partial charge >= 0.3 is 0 Å². The molecular formula is C11H17N3O2. The lowest BCUT2D eigenvalue weighted by Gasteiger charge is -2.10. The molecule has 5 nitrogen and oxygen atoms in total. The molecule has 16 heavy (non-hydrogen) atoms. The van der Waals surface area contributed by atoms with Gasteiger partial charge < -0.3 is 15.0 Å². The Labute approximate surface area is 95.4 Å². The Morgan fingerprint density at radius 2 is 2.25 bits per heavy atom. The molecule has 0 radical (unpaired) electrons. The van der Waals surface area contributed by atoms with Crippen LogP contribution in [0.1, 0.15) is 6.42 Å². The highest BCUT2D eigenvalue weighted by molar-refractivity contribution is 5.76. The highest BCUT2D eigenvalue weighted by Crippen LogP contribution is 2.10. The van der Waals surface area contributed by atoms with E-state index >= 15 is 0 Å². The third kappa shape index (κ3) is 3.76. The first kappa shape index (κ1) is 12.3. The van der Waals surface area contributed by atoms with Crippen LogP contribution in [0.25, 0.3) is 0 Å². The van der Waals surface area contributed by atoms with E-state index in [0.717, 1.165) is 11.6 Å². The SMILES string of the molecule is COc1ccc(NCCC(=O)N(C)C)nc1. The van der Waals surface area contributed by atoms with Gasteiger partial charge in [0.15, 0.2) is 0 Å². The molecule has 0 aliphatic heterocycles. The Balaban J connectivity index is 2.34. The maximum atomic E-state index is 11.3. The van der Waals surface area contributed by atoms with Crippen molar-refractivity contribution in [2.24, 2.45) is 0 Å². The van der Waals surface area contributed by atoms with E-state index in [1.807, 2.05) is 12.1 Å². The number of hydrogen-bond donors (Lipinski definition) is 1. The summed E-state index contributed by atoms with van der Waals surface area (Å²) in [7, 11) is 5.09. The lowest BCUT2D eigenvalue weighted by Crippen LogP contribution is -2.24. The first-order chi connectivity index (χ1) is 7.63. The minimum absolute atomic E-state index is 0.0982. The van der Waals surface area contributed by atoms with E-state index in [-0.39, 0.29) is 5.91 Å². The summed E-state index contributed by atoms with van der Waals surface area (Å²) in [6, 6.07) is 3.64. The number of rotatable bonds is 5. The summed E-state index contributed by atoms with van der Waals surface area (Å²) in [6.07, 6.45) is 2.09. The summed E-state index contributed by atoms with van der Waals surface area (Å²) in [5.74, 6) is 1.56. The lowest BCUT2D eigenvalue weighted by atomic mass is 10.3. The minimum Gasteiger partial charge on any atom is -0.495 e. The number of nitrogens with zero attached hydrogens (tertiary/aromatic N) is 2. The van der Waals surface area contributed by atoms with Gasteiger partial charge in [0.25, 0.3) is 0 Å². The molecular weight excluding hydrogens is 206 g/mol. The standard InChI is InChI=1S/C11H17N3O2/c1-14(2)11(15)6-7-12-10-5-4-9(16-3)8-13-10/h4-5,8H,6-7H2,1-3H3,(H,12,13). The largest absolute Gasteiger partial charge is 0.495 e. The van der Waals surface area contributed by atoms with Gasteiger partial charge in [-0.25, -0.2) is 4.98 Å². The van der Waals surface area contributed by atoms with Crippen molar-refractivity contribution in [2.45, 2.75) is 6.42 Å². The van der Waals surface area contributed by atoms with Gasteiger partial charge in [-0.05, 0) is 12.1 Å². The van der Waals surface area contributed by atoms with Crippen LogP contribution in [0.5, 0.6) is 5.75 Å². The van der Waals surface area contributed by atoms with Gasteiger partial charge in [-0.2, -0.15) is 0 Å². The number of aromatic nitrogens is 1. The van der Waals surface area contributed by atoms with Gasteiger partial charge in [0.2, 0.25) is 5.91 Å². The summed E-state index contributed by atoms with van der Waals surface area (Å²) in [4.78, 5) is 17.0. The topological polar surface area (TPSA) is 54.5 Å². The Kier molecular flexibility index (Phi) is 4.57. The number of carbonyl (C=O) groups excluding carboxylic acids is 1. The molecule has 0 saturated heterocycles. The summed E-state index contributed by atoms with van der Waals surface area (Å²) >= 11 is 0. The number of methoxy groups -OCH3 is 1. The van der Waals surface area contributed by atoms with Crippen LogP contribution in [0.4, 0.5) is 5.82 Å². The van der Waals surface area contributed by atoms with Crippen LogP contribution in [0.15, 0.2) is 18.3 Å². The second kappa shape index (κ2) is 5.95. The first-order valence-corrected chi connectivity index (χ1v) is 5.07. The fourth-order valence-corrected chi connectivity index (χ4v) is 1.13. The highest BCUT2D eigenvalue weighted by Gasteiger charge is 2.03. The van der Waals surface area contributed by atoms with Gasteiger partial charge in [-0.15, -0.1) is 0 Å². The van der Waals surface area contributed by atoms with Crippen molar-refractivity contribution in [2.75, 3.05) is 33.1 Å². The molecule has 0 atom stereocenters. The van der Waals surface area contributed by atoms with Crippen molar-refractivity contribution >= 4 is 11.7 Å². The predicted molar refractivity (Wildman–Crippen MR) is 62.6 cm³/mol. The molecule has 1 rings (SSSR count). The number of anilines is 1. The third-order valence-corrected chi connectivity index (χ3v) is 2.12. The minimum atomic E-state index is 0.0982. The molecule has 0 saturated carbocycles. The number of carbonyl (C=O) groups is 1. The zero-order valence-electron chi connectivity index (χ0n) is 9.86. The maximum Gasteiger partial charge on any atom is 0.223 e. The molecule has 88 valence electrons. The molecule has 1 aromatic heterocycles. The molecule has 1 heterocycles. The van der Waals surface area contributed by atoms with E-state index < -0.39 is 0 Å². The molecule has 5 heteroatoms. The van der Waals surface area contributed by atoms with E-state index in [4.69, 9.17) is 4.74 Å². The molecule has 1 amide bonds. The summed E-state index contributed by atoms with van der Waals surface area (Å²) in [5.41, 5.74) is 0. The van der Waals surface area contributed by atoms with Crippen LogP contribution in [0, 0.1) is 0 Å². The smallest absolute Gasteiger partial charge is 0.223 e. The number of hydrogen-bond acceptors (Lipinski definition) is 4. The zero-order chi connectivity index (χ0) is 12.0. The van der Waals surface area contributed by atoms with Gasteiger partial charge in [-0.1, -0.05) is 0 Å². The molecule has 0 aromatic carbocycles. The molecule has 1 N–H and O–H groups in total. The predicted octanol–water partition coefficient (Wildman–Crippen LogP) is 0.980. The summed E-state index contributed by atoms with van der Waals surface area (Å²) in [5, 5.41) is 3.07. The van der Waals surface area contributed by atoms with Crippen LogP contribution in [0.2, 0.25) is 0 Å². The van der Waals surface area contributed by atoms with E-state index in [0.29, 0.717) is 13.0 Å². The summed E-state index contributed by atoms with van der Waals surface area (Å²) < 4.78 is 4.99. The molecule has 0 aliphatic rings. The second-order valence-corrected chi connectivity index (χ2v) is 3.55. The first-order valence-electron chi connectivity index (χ1n) is 5.07. The highest BCUT2D eigenvalue weighted by atomic mass is 16.5. The Morgan fingerprint density at radius 1 is 1.50 bits per heavy atom. The van der Waals surface area contributed by atoms with Crippen molar-refractivity contribution in [3.05, 3.63) is 18.3 Å². The molecule has 0 aliphatic carbocycles. The Bertz CT molecular complexity index is 336. The van der Waals surface area contributed by atoms with E-state index in [1.54, 1.807) is 32.3 Å². The van der Waals surface area contributed by atoms with Crippen LogP contribution < -0.4 is 10.1 Å². The van der Waals surface area contributed by atoms with Gasteiger partial charge in [0.05, 0.1) is 13.3 Å². The van der Waals surface area contributed by atoms with Gasteiger partial charge in [0, 0.05) is 27.1 Å². The monoisotopic (exact) mass is 223 g/mol. The Hall–Kier alpha value is -1.78. The number of pyridine rings is 1. The fourth-order valence-electron chi connectivity index (χ4n) is 1.13. The average Bonchev–Trinajstić information content (AvgIpc) is 2.29. The fraction of sp³-hybridized carbons (Fsp3) is 0.455. The zero-order valence-corrected chi connectivity index (χ0v) is 9.86. The normalized spacial score (nSPS) is 9.69. The van der Waals surface area contributed by atoms with E-state index in [2.05, 4.69) is 10.3 Å². The van der Waals surface area contributed by atoms with Crippen LogP contribution in [-0.4, -0.2) is 43.5 Å². The van der Waals surface area contributed by atoms with Crippen LogP contribution in [-0.2, 0) is 4.79 Å². The van der Waals surface area contributed by atoms with Crippen molar-refractivity contribution in [1.82, 2.24) is 9.88 Å². The second-order valence-electron chi connectivity index (χ2n) is 3.55. The molecule has 0 fully saturated rings. The van der Waals surface area contributed by atoms with E-state index in [1.165, 1.54) is 0 Å². The van der Waals surface area contributed by atoms with Crippen molar-refractivity contribution in [3.63, 3.8) is 0 Å². The van der Waals surface area contributed by atoms with Gasteiger partial charge in [-0.3, -0.25) is 4.79 Å². The van der Waals surface area contributed by atoms with Gasteiger partial charge in [0.1, 0.15) is 11.6 Å². The van der Waals surface area contributed by atoms with Crippen LogP contribution >= 0.6 is 0 Å². The van der Waals surface area contributed by atoms with E-state index in [9.17, 15) is 4.79 Å². The molecule has 0 bridgehead atoms. The van der Waals surface area contributed by atoms with Crippen LogP contribution in [0.3, 0.4) is 0 Å². The van der Waals surface area contributed by atoms with Crippen molar-refractivity contribution in [3.8, 4) is 5.75 Å². The quantitative estimate of drug-likeness (QED) is 0.808. The molecule has 0 spiro atoms. The summed E-state index contributed by atoms with van der Waals surface area (Å²) in [6.45, 7) is 0.580. The maximum absolute atomic E-state index is 11.3. The lowest BCUT2D eigenvalue weighted by molar-refractivity contribution is -0.128. The average molecular weight is 223 g/mol. The third-order valence-electron chi connectivity index (χ3n) is 2.12. The number of nitrogens with one attached hydrogen (secondary N) is 1. The molecule has 1 aromatic rings.